The monoisotopic (exact) mass is 408 g/mol. The molecule has 2 aliphatic rings. The van der Waals surface area contributed by atoms with Gasteiger partial charge in [-0.05, 0) is 12.1 Å². The Balaban J connectivity index is 1.99. The van der Waals surface area contributed by atoms with Crippen LogP contribution in [-0.2, 0) is 25.7 Å². The third kappa shape index (κ3) is 4.26. The first kappa shape index (κ1) is 20.1. The van der Waals surface area contributed by atoms with Crippen molar-refractivity contribution in [2.45, 2.75) is 17.1 Å². The van der Waals surface area contributed by atoms with Crippen molar-refractivity contribution < 1.29 is 36.2 Å². The van der Waals surface area contributed by atoms with Crippen molar-refractivity contribution in [3.63, 3.8) is 0 Å². The van der Waals surface area contributed by atoms with E-state index in [2.05, 4.69) is 0 Å². The Bertz CT molecular complexity index is 815. The topological polar surface area (TPSA) is 87.2 Å². The van der Waals surface area contributed by atoms with Gasteiger partial charge in [0.1, 0.15) is 0 Å². The van der Waals surface area contributed by atoms with E-state index in [4.69, 9.17) is 9.84 Å². The summed E-state index contributed by atoms with van der Waals surface area (Å²) in [6.07, 6.45) is -4.81. The molecule has 2 aliphatic heterocycles. The van der Waals surface area contributed by atoms with Gasteiger partial charge in [-0.15, -0.1) is 0 Å². The maximum absolute atomic E-state index is 13.3. The van der Waals surface area contributed by atoms with Gasteiger partial charge in [-0.3, -0.25) is 9.69 Å². The molecule has 1 N–H and O–H groups in total. The Morgan fingerprint density at radius 2 is 1.89 bits per heavy atom. The van der Waals surface area contributed by atoms with Crippen molar-refractivity contribution in [1.29, 1.82) is 0 Å². The predicted octanol–water partition coefficient (Wildman–Crippen LogP) is 1.11. The van der Waals surface area contributed by atoms with E-state index in [1.54, 1.807) is 4.90 Å². The van der Waals surface area contributed by atoms with E-state index < -0.39 is 38.7 Å². The van der Waals surface area contributed by atoms with E-state index in [1.807, 2.05) is 0 Å². The summed E-state index contributed by atoms with van der Waals surface area (Å²) in [5, 5.41) is 9.02. The molecule has 1 aromatic rings. The first-order valence-corrected chi connectivity index (χ1v) is 9.73. The minimum atomic E-state index is -4.81. The van der Waals surface area contributed by atoms with Crippen molar-refractivity contribution >= 4 is 16.0 Å². The molecule has 0 spiro atoms. The summed E-state index contributed by atoms with van der Waals surface area (Å²) in [6.45, 7) is 0.320. The fourth-order valence-electron chi connectivity index (χ4n) is 3.57. The van der Waals surface area contributed by atoms with Gasteiger partial charge >= 0.3 is 12.1 Å². The Morgan fingerprint density at radius 3 is 2.56 bits per heavy atom. The highest BCUT2D eigenvalue weighted by Gasteiger charge is 2.44. The molecule has 0 radical (unpaired) electrons. The lowest BCUT2D eigenvalue weighted by atomic mass is 10.1. The molecule has 2 saturated heterocycles. The second kappa shape index (κ2) is 7.38. The number of hydrogen-bond acceptors (Lipinski definition) is 5. The molecule has 27 heavy (non-hydrogen) atoms. The van der Waals surface area contributed by atoms with Crippen LogP contribution in [0.25, 0.3) is 0 Å². The molecule has 2 bridgehead atoms. The first-order chi connectivity index (χ1) is 12.6. The van der Waals surface area contributed by atoms with Gasteiger partial charge in [-0.1, -0.05) is 12.1 Å². The minimum absolute atomic E-state index is 0.0000335. The lowest BCUT2D eigenvalue weighted by Crippen LogP contribution is -2.47. The van der Waals surface area contributed by atoms with Gasteiger partial charge in [0.15, 0.2) is 0 Å². The number of carboxylic acids is 1. The lowest BCUT2D eigenvalue weighted by Gasteiger charge is -2.30. The molecule has 3 rings (SSSR count). The van der Waals surface area contributed by atoms with Crippen LogP contribution in [0.1, 0.15) is 5.56 Å². The highest BCUT2D eigenvalue weighted by atomic mass is 32.2. The van der Waals surface area contributed by atoms with Crippen LogP contribution >= 0.6 is 0 Å². The van der Waals surface area contributed by atoms with E-state index >= 15 is 0 Å². The summed E-state index contributed by atoms with van der Waals surface area (Å²) >= 11 is 0. The fraction of sp³-hybridized carbons (Fsp3) is 0.562. The summed E-state index contributed by atoms with van der Waals surface area (Å²) < 4.78 is 72.7. The number of rotatable bonds is 4. The Kier molecular flexibility index (Phi) is 5.48. The zero-order chi connectivity index (χ0) is 19.8. The number of hydrogen-bond donors (Lipinski definition) is 1. The molecular formula is C16H19F3N2O5S. The second-order valence-electron chi connectivity index (χ2n) is 6.71. The van der Waals surface area contributed by atoms with Crippen molar-refractivity contribution in [2.24, 2.45) is 5.92 Å². The summed E-state index contributed by atoms with van der Waals surface area (Å²) in [7, 11) is -4.45. The number of alkyl halides is 3. The number of sulfonamides is 1. The third-order valence-corrected chi connectivity index (χ3v) is 6.61. The third-order valence-electron chi connectivity index (χ3n) is 4.63. The summed E-state index contributed by atoms with van der Waals surface area (Å²) in [4.78, 5) is 11.8. The Hall–Kier alpha value is -1.69. The zero-order valence-corrected chi connectivity index (χ0v) is 15.0. The molecule has 2 atom stereocenters. The fourth-order valence-corrected chi connectivity index (χ4v) is 5.46. The maximum Gasteiger partial charge on any atom is 0.417 e. The number of benzene rings is 1. The van der Waals surface area contributed by atoms with Gasteiger partial charge in [0, 0.05) is 25.6 Å². The number of nitrogens with zero attached hydrogens (tertiary/aromatic N) is 2. The van der Waals surface area contributed by atoms with Crippen LogP contribution in [0.5, 0.6) is 0 Å². The molecular weight excluding hydrogens is 389 g/mol. The zero-order valence-electron chi connectivity index (χ0n) is 14.2. The number of fused-ring (bicyclic) bond motifs is 3. The van der Waals surface area contributed by atoms with Crippen LogP contribution in [0, 0.1) is 5.92 Å². The molecule has 2 fully saturated rings. The SMILES string of the molecule is O=C(O)CN1C[C@@H]2COC[C@H](C1)N(S(=O)(=O)c1ccccc1C(F)(F)F)C2. The summed E-state index contributed by atoms with van der Waals surface area (Å²) in [5.74, 6) is -1.38. The first-order valence-electron chi connectivity index (χ1n) is 8.29. The van der Waals surface area contributed by atoms with Crippen molar-refractivity contribution in [1.82, 2.24) is 9.21 Å². The van der Waals surface area contributed by atoms with Crippen molar-refractivity contribution in [3.8, 4) is 0 Å². The van der Waals surface area contributed by atoms with Gasteiger partial charge in [0.05, 0.1) is 36.3 Å². The van der Waals surface area contributed by atoms with Crippen LogP contribution in [0.4, 0.5) is 13.2 Å². The lowest BCUT2D eigenvalue weighted by molar-refractivity contribution is -0.140. The number of halogens is 3. The highest BCUT2D eigenvalue weighted by molar-refractivity contribution is 7.89. The van der Waals surface area contributed by atoms with Crippen molar-refractivity contribution in [3.05, 3.63) is 29.8 Å². The standard InChI is InChI=1S/C16H19F3N2O5S/c17-16(18,19)13-3-1-2-4-14(13)27(24,25)21-6-11-5-20(8-15(22)23)7-12(21)10-26-9-11/h1-4,11-12H,5-10H2,(H,22,23)/t11-,12-/m0/s1. The van der Waals surface area contributed by atoms with E-state index in [1.165, 1.54) is 6.07 Å². The number of ether oxygens (including phenoxy) is 1. The largest absolute Gasteiger partial charge is 0.480 e. The molecule has 2 heterocycles. The van der Waals surface area contributed by atoms with E-state index in [0.29, 0.717) is 6.54 Å². The molecule has 0 amide bonds. The van der Waals surface area contributed by atoms with E-state index in [9.17, 15) is 26.4 Å². The van der Waals surface area contributed by atoms with Gasteiger partial charge in [-0.25, -0.2) is 8.42 Å². The molecule has 11 heteroatoms. The van der Waals surface area contributed by atoms with Crippen LogP contribution in [0.15, 0.2) is 29.2 Å². The van der Waals surface area contributed by atoms with Crippen molar-refractivity contribution in [2.75, 3.05) is 39.4 Å². The molecule has 0 aromatic heterocycles. The van der Waals surface area contributed by atoms with E-state index in [0.717, 1.165) is 22.5 Å². The number of aliphatic carboxylic acids is 1. The molecule has 150 valence electrons. The highest BCUT2D eigenvalue weighted by Crippen LogP contribution is 2.36. The van der Waals surface area contributed by atoms with Gasteiger partial charge in [0.2, 0.25) is 10.0 Å². The average Bonchev–Trinajstić information content (AvgIpc) is 2.85. The van der Waals surface area contributed by atoms with Gasteiger partial charge in [0.25, 0.3) is 0 Å². The van der Waals surface area contributed by atoms with Gasteiger partial charge in [-0.2, -0.15) is 17.5 Å². The quantitative estimate of drug-likeness (QED) is 0.803. The second-order valence-corrected chi connectivity index (χ2v) is 8.57. The van der Waals surface area contributed by atoms with Crippen LogP contribution in [0.3, 0.4) is 0 Å². The Morgan fingerprint density at radius 1 is 1.19 bits per heavy atom. The van der Waals surface area contributed by atoms with Gasteiger partial charge < -0.3 is 9.84 Å². The number of carbonyl (C=O) groups is 1. The number of carboxylic acid groups (broad SMARTS) is 1. The molecule has 0 aliphatic carbocycles. The maximum atomic E-state index is 13.3. The smallest absolute Gasteiger partial charge is 0.417 e. The van der Waals surface area contributed by atoms with Crippen LogP contribution in [0.2, 0.25) is 0 Å². The molecule has 1 aromatic carbocycles. The van der Waals surface area contributed by atoms with Crippen LogP contribution < -0.4 is 0 Å². The van der Waals surface area contributed by atoms with E-state index in [-0.39, 0.29) is 38.8 Å². The summed E-state index contributed by atoms with van der Waals surface area (Å²) in [6, 6.07) is 3.32. The summed E-state index contributed by atoms with van der Waals surface area (Å²) in [5.41, 5.74) is -1.22. The molecule has 0 unspecified atom stereocenters. The predicted molar refractivity (Wildman–Crippen MR) is 87.5 cm³/mol. The van der Waals surface area contributed by atoms with Crippen LogP contribution in [-0.4, -0.2) is 74.1 Å². The minimum Gasteiger partial charge on any atom is -0.480 e. The molecule has 0 saturated carbocycles. The Labute approximate surface area is 154 Å². The average molecular weight is 408 g/mol. The molecule has 7 nitrogen and oxygen atoms in total. The normalized spacial score (nSPS) is 25.1.